The summed E-state index contributed by atoms with van der Waals surface area (Å²) in [5.74, 6) is -0.419. The summed E-state index contributed by atoms with van der Waals surface area (Å²) in [6, 6.07) is 9.99. The predicted molar refractivity (Wildman–Crippen MR) is 120 cm³/mol. The standard InChI is InChI=1S/C22H29ClN6O2/c1-14(13-31-3)28(2)18-8-9-20(15(10-18)11-24)29-12-19(21(25)30)22(27-29)26-17-6-4-16(23)5-7-17/h4-7,12,14-15,18,20H,8-10,13H2,1-3H3,(H2,25,30)(H,26,27). The largest absolute Gasteiger partial charge is 0.383 e. The van der Waals surface area contributed by atoms with Gasteiger partial charge >= 0.3 is 0 Å². The van der Waals surface area contributed by atoms with Crippen LogP contribution in [-0.4, -0.2) is 53.4 Å². The first-order chi connectivity index (χ1) is 14.8. The summed E-state index contributed by atoms with van der Waals surface area (Å²) < 4.78 is 7.00. The molecule has 1 aromatic carbocycles. The average Bonchev–Trinajstić information content (AvgIpc) is 3.18. The van der Waals surface area contributed by atoms with Crippen LogP contribution in [0, 0.1) is 17.2 Å². The molecule has 4 unspecified atom stereocenters. The molecule has 1 heterocycles. The molecule has 2 aromatic rings. The molecule has 0 spiro atoms. The number of nitrogens with two attached hydrogens (primary N) is 1. The predicted octanol–water partition coefficient (Wildman–Crippen LogP) is 3.58. The molecule has 166 valence electrons. The van der Waals surface area contributed by atoms with Crippen LogP contribution in [0.4, 0.5) is 11.5 Å². The number of halogens is 1. The Hall–Kier alpha value is -2.60. The second-order valence-corrected chi connectivity index (χ2v) is 8.54. The summed E-state index contributed by atoms with van der Waals surface area (Å²) in [4.78, 5) is 14.3. The number of hydrogen-bond acceptors (Lipinski definition) is 6. The zero-order chi connectivity index (χ0) is 22.5. The van der Waals surface area contributed by atoms with Gasteiger partial charge in [0.15, 0.2) is 5.82 Å². The van der Waals surface area contributed by atoms with E-state index >= 15 is 0 Å². The third-order valence-electron chi connectivity index (χ3n) is 6.08. The molecule has 1 aliphatic carbocycles. The van der Waals surface area contributed by atoms with Gasteiger partial charge in [0.1, 0.15) is 5.56 Å². The van der Waals surface area contributed by atoms with Crippen LogP contribution in [0.3, 0.4) is 0 Å². The van der Waals surface area contributed by atoms with Gasteiger partial charge in [-0.05, 0) is 57.5 Å². The number of carbonyl (C=O) groups excluding carboxylic acids is 1. The van der Waals surface area contributed by atoms with Crippen LogP contribution in [0.25, 0.3) is 0 Å². The summed E-state index contributed by atoms with van der Waals surface area (Å²) in [5.41, 5.74) is 6.62. The van der Waals surface area contributed by atoms with Crippen molar-refractivity contribution in [3.63, 3.8) is 0 Å². The molecule has 0 radical (unpaired) electrons. The molecule has 8 nitrogen and oxygen atoms in total. The van der Waals surface area contributed by atoms with Crippen molar-refractivity contribution in [3.05, 3.63) is 41.0 Å². The van der Waals surface area contributed by atoms with Crippen LogP contribution in [-0.2, 0) is 4.74 Å². The lowest BCUT2D eigenvalue weighted by molar-refractivity contribution is 0.0597. The van der Waals surface area contributed by atoms with Gasteiger partial charge in [-0.3, -0.25) is 14.4 Å². The second-order valence-electron chi connectivity index (χ2n) is 8.11. The molecular formula is C22H29ClN6O2. The fourth-order valence-electron chi connectivity index (χ4n) is 4.18. The number of nitrogens with one attached hydrogen (secondary N) is 1. The smallest absolute Gasteiger partial charge is 0.254 e. The molecule has 3 N–H and O–H groups in total. The third-order valence-corrected chi connectivity index (χ3v) is 6.33. The Morgan fingerprint density at radius 3 is 2.77 bits per heavy atom. The van der Waals surface area contributed by atoms with E-state index in [0.717, 1.165) is 24.9 Å². The number of methoxy groups -OCH3 is 1. The van der Waals surface area contributed by atoms with Gasteiger partial charge in [0, 0.05) is 36.1 Å². The van der Waals surface area contributed by atoms with Crippen molar-refractivity contribution in [2.75, 3.05) is 26.1 Å². The lowest BCUT2D eigenvalue weighted by Crippen LogP contribution is -2.45. The van der Waals surface area contributed by atoms with Crippen molar-refractivity contribution in [2.45, 2.75) is 44.3 Å². The minimum absolute atomic E-state index is 0.119. The van der Waals surface area contributed by atoms with E-state index in [1.165, 1.54) is 0 Å². The van der Waals surface area contributed by atoms with Crippen LogP contribution >= 0.6 is 11.6 Å². The summed E-state index contributed by atoms with van der Waals surface area (Å²) in [6.45, 7) is 2.77. The third kappa shape index (κ3) is 5.37. The normalized spacial score (nSPS) is 22.1. The van der Waals surface area contributed by atoms with E-state index in [2.05, 4.69) is 35.4 Å². The molecule has 1 fully saturated rings. The Bertz CT molecular complexity index is 938. The zero-order valence-corrected chi connectivity index (χ0v) is 18.8. The quantitative estimate of drug-likeness (QED) is 0.644. The molecule has 31 heavy (non-hydrogen) atoms. The lowest BCUT2D eigenvalue weighted by atomic mass is 9.81. The van der Waals surface area contributed by atoms with E-state index < -0.39 is 5.91 Å². The Balaban J connectivity index is 1.79. The molecule has 3 rings (SSSR count). The maximum atomic E-state index is 12.0. The van der Waals surface area contributed by atoms with Gasteiger partial charge in [-0.15, -0.1) is 0 Å². The minimum Gasteiger partial charge on any atom is -0.383 e. The molecule has 4 atom stereocenters. The first kappa shape index (κ1) is 23.1. The first-order valence-electron chi connectivity index (χ1n) is 10.4. The number of ether oxygens (including phenoxy) is 1. The Morgan fingerprint density at radius 2 is 2.16 bits per heavy atom. The van der Waals surface area contributed by atoms with Crippen LogP contribution < -0.4 is 11.1 Å². The SMILES string of the molecule is COCC(C)N(C)C1CCC(n2cc(C(N)=O)c(Nc3ccc(Cl)cc3)n2)C(C#N)C1. The molecule has 1 saturated carbocycles. The Labute approximate surface area is 187 Å². The molecular weight excluding hydrogens is 416 g/mol. The molecule has 1 aromatic heterocycles. The van der Waals surface area contributed by atoms with Gasteiger partial charge in [-0.1, -0.05) is 11.6 Å². The van der Waals surface area contributed by atoms with Gasteiger partial charge in [0.25, 0.3) is 5.91 Å². The van der Waals surface area contributed by atoms with E-state index in [1.807, 2.05) is 0 Å². The highest BCUT2D eigenvalue weighted by Crippen LogP contribution is 2.37. The van der Waals surface area contributed by atoms with E-state index in [-0.39, 0.29) is 18.0 Å². The van der Waals surface area contributed by atoms with E-state index in [4.69, 9.17) is 22.1 Å². The van der Waals surface area contributed by atoms with Crippen molar-refractivity contribution >= 4 is 29.0 Å². The molecule has 1 aliphatic rings. The fourth-order valence-corrected chi connectivity index (χ4v) is 4.31. The van der Waals surface area contributed by atoms with Crippen molar-refractivity contribution in [1.82, 2.24) is 14.7 Å². The Morgan fingerprint density at radius 1 is 1.45 bits per heavy atom. The highest BCUT2D eigenvalue weighted by atomic mass is 35.5. The van der Waals surface area contributed by atoms with Crippen LogP contribution in [0.1, 0.15) is 42.6 Å². The summed E-state index contributed by atoms with van der Waals surface area (Å²) >= 11 is 5.94. The number of hydrogen-bond donors (Lipinski definition) is 2. The van der Waals surface area contributed by atoms with E-state index in [1.54, 1.807) is 42.3 Å². The topological polar surface area (TPSA) is 109 Å². The van der Waals surface area contributed by atoms with Gasteiger partial charge in [0.2, 0.25) is 0 Å². The molecule has 0 saturated heterocycles. The fraction of sp³-hybridized carbons (Fsp3) is 0.500. The molecule has 0 bridgehead atoms. The average molecular weight is 445 g/mol. The van der Waals surface area contributed by atoms with Crippen LogP contribution in [0.5, 0.6) is 0 Å². The number of primary amides is 1. The molecule has 9 heteroatoms. The van der Waals surface area contributed by atoms with Gasteiger partial charge < -0.3 is 15.8 Å². The van der Waals surface area contributed by atoms with Crippen molar-refractivity contribution in [2.24, 2.45) is 11.7 Å². The second kappa shape index (κ2) is 10.1. The number of amides is 1. The van der Waals surface area contributed by atoms with E-state index in [9.17, 15) is 10.1 Å². The number of nitriles is 1. The highest BCUT2D eigenvalue weighted by Gasteiger charge is 2.35. The number of rotatable bonds is 8. The number of nitrogens with zero attached hydrogens (tertiary/aromatic N) is 4. The number of carbonyl (C=O) groups is 1. The van der Waals surface area contributed by atoms with Gasteiger partial charge in [-0.2, -0.15) is 10.4 Å². The number of anilines is 2. The van der Waals surface area contributed by atoms with Crippen molar-refractivity contribution < 1.29 is 9.53 Å². The highest BCUT2D eigenvalue weighted by molar-refractivity contribution is 6.30. The van der Waals surface area contributed by atoms with Crippen LogP contribution in [0.15, 0.2) is 30.5 Å². The zero-order valence-electron chi connectivity index (χ0n) is 18.1. The summed E-state index contributed by atoms with van der Waals surface area (Å²) in [6.07, 6.45) is 4.09. The maximum absolute atomic E-state index is 12.0. The van der Waals surface area contributed by atoms with Crippen molar-refractivity contribution in [3.8, 4) is 6.07 Å². The lowest BCUT2D eigenvalue weighted by Gasteiger charge is -2.39. The minimum atomic E-state index is -0.571. The number of aromatic nitrogens is 2. The van der Waals surface area contributed by atoms with Gasteiger partial charge in [0.05, 0.1) is 24.6 Å². The monoisotopic (exact) mass is 444 g/mol. The maximum Gasteiger partial charge on any atom is 0.254 e. The molecule has 1 amide bonds. The summed E-state index contributed by atoms with van der Waals surface area (Å²) in [5, 5.41) is 18.2. The number of benzene rings is 1. The Kier molecular flexibility index (Phi) is 7.55. The molecule has 0 aliphatic heterocycles. The number of likely N-dealkylation sites (N-methyl/N-ethyl adjacent to an activating group) is 1. The summed E-state index contributed by atoms with van der Waals surface area (Å²) in [7, 11) is 3.78. The van der Waals surface area contributed by atoms with Crippen molar-refractivity contribution in [1.29, 1.82) is 5.26 Å². The van der Waals surface area contributed by atoms with Crippen LogP contribution in [0.2, 0.25) is 5.02 Å². The van der Waals surface area contributed by atoms with Gasteiger partial charge in [-0.25, -0.2) is 0 Å². The van der Waals surface area contributed by atoms with E-state index in [0.29, 0.717) is 29.1 Å². The first-order valence-corrected chi connectivity index (χ1v) is 10.7.